The van der Waals surface area contributed by atoms with E-state index in [2.05, 4.69) is 79.4 Å². The van der Waals surface area contributed by atoms with Crippen molar-refractivity contribution >= 4 is 44.5 Å². The van der Waals surface area contributed by atoms with Gasteiger partial charge in [0.25, 0.3) is 0 Å². The van der Waals surface area contributed by atoms with Crippen LogP contribution >= 0.6 is 0 Å². The molecule has 0 spiro atoms. The van der Waals surface area contributed by atoms with Gasteiger partial charge in [0, 0.05) is 0 Å². The average molecular weight is 294 g/mol. The van der Waals surface area contributed by atoms with Crippen LogP contribution in [-0.4, -0.2) is 0 Å². The first-order valence-corrected chi connectivity index (χ1v) is 7.94. The van der Waals surface area contributed by atoms with Gasteiger partial charge < -0.3 is 0 Å². The molecule has 0 unspecified atom stereocenters. The van der Waals surface area contributed by atoms with E-state index in [-0.39, 0.29) is 0 Å². The van der Waals surface area contributed by atoms with Gasteiger partial charge in [0.2, 0.25) is 0 Å². The van der Waals surface area contributed by atoms with Crippen LogP contribution in [0, 0.1) is 0 Å². The first-order chi connectivity index (χ1) is 11.3. The lowest BCUT2D eigenvalue weighted by molar-refractivity contribution is 1.66. The van der Waals surface area contributed by atoms with Gasteiger partial charge in [-0.2, -0.15) is 0 Å². The number of fused-ring (bicyclic) bond motifs is 3. The lowest BCUT2D eigenvalue weighted by Gasteiger charge is -2.08. The highest BCUT2D eigenvalue weighted by atomic mass is 14.1. The van der Waals surface area contributed by atoms with Crippen LogP contribution < -0.4 is 0 Å². The molecule has 4 rings (SSSR count). The molecule has 0 aliphatic rings. The highest BCUT2D eigenvalue weighted by Gasteiger charge is 2.04. The quantitative estimate of drug-likeness (QED) is 0.356. The van der Waals surface area contributed by atoms with E-state index >= 15 is 0 Å². The van der Waals surface area contributed by atoms with E-state index < -0.39 is 0 Å². The highest BCUT2D eigenvalue weighted by molar-refractivity contribution is 6.05. The van der Waals surface area contributed by atoms with Crippen LogP contribution in [0.5, 0.6) is 0 Å². The van der Waals surface area contributed by atoms with Crippen molar-refractivity contribution in [2.45, 2.75) is 6.92 Å². The second kappa shape index (κ2) is 5.40. The van der Waals surface area contributed by atoms with Gasteiger partial charge in [0.05, 0.1) is 0 Å². The van der Waals surface area contributed by atoms with Crippen LogP contribution in [0.2, 0.25) is 0 Å². The van der Waals surface area contributed by atoms with E-state index in [1.165, 1.54) is 43.4 Å². The summed E-state index contributed by atoms with van der Waals surface area (Å²) in [5.41, 5.74) is 2.39. The number of benzene rings is 4. The predicted octanol–water partition coefficient (Wildman–Crippen LogP) is 6.82. The summed E-state index contributed by atoms with van der Waals surface area (Å²) in [5, 5.41) is 7.67. The van der Waals surface area contributed by atoms with E-state index in [9.17, 15) is 0 Å². The van der Waals surface area contributed by atoms with E-state index in [0.29, 0.717) is 0 Å². The van der Waals surface area contributed by atoms with Gasteiger partial charge in [-0.05, 0) is 86.8 Å². The van der Waals surface area contributed by atoms with Gasteiger partial charge in [-0.15, -0.1) is 0 Å². The van der Waals surface area contributed by atoms with Crippen molar-refractivity contribution in [3.05, 3.63) is 84.4 Å². The molecule has 0 heterocycles. The van der Waals surface area contributed by atoms with Gasteiger partial charge in [0.1, 0.15) is 0 Å². The number of allylic oxidation sites excluding steroid dienone is 1. The molecule has 23 heavy (non-hydrogen) atoms. The fourth-order valence-electron chi connectivity index (χ4n) is 3.28. The molecule has 0 nitrogen and oxygen atoms in total. The molecule has 0 N–H and O–H groups in total. The molecule has 0 atom stereocenters. The first kappa shape index (κ1) is 13.8. The third-order valence-electron chi connectivity index (χ3n) is 4.43. The zero-order valence-electron chi connectivity index (χ0n) is 13.2. The predicted molar refractivity (Wildman–Crippen MR) is 104 cm³/mol. The summed E-state index contributed by atoms with van der Waals surface area (Å²) < 4.78 is 0. The normalized spacial score (nSPS) is 11.7. The van der Waals surface area contributed by atoms with Crippen molar-refractivity contribution in [3.8, 4) is 0 Å². The molecule has 0 saturated heterocycles. The second-order valence-electron chi connectivity index (χ2n) is 5.93. The standard InChI is InChI=1S/C23H18/c1-3-7-17-11-21-15-23-13-19-9-6-5-8-18(19)12-22(23)14-20(21)10-16(17)4-2/h3-15H,2H2,1H3/b7-3-. The second-order valence-corrected chi connectivity index (χ2v) is 5.93. The fourth-order valence-corrected chi connectivity index (χ4v) is 3.28. The largest absolute Gasteiger partial charge is 0.0984 e. The van der Waals surface area contributed by atoms with Gasteiger partial charge in [-0.3, -0.25) is 0 Å². The van der Waals surface area contributed by atoms with Crippen LogP contribution in [0.4, 0.5) is 0 Å². The molecule has 0 radical (unpaired) electrons. The zero-order chi connectivity index (χ0) is 15.8. The van der Waals surface area contributed by atoms with Gasteiger partial charge in [-0.1, -0.05) is 49.1 Å². The fraction of sp³-hybridized carbons (Fsp3) is 0.0435. The Labute approximate surface area is 136 Å². The van der Waals surface area contributed by atoms with Crippen molar-refractivity contribution in [1.29, 1.82) is 0 Å². The number of hydrogen-bond donors (Lipinski definition) is 0. The Hall–Kier alpha value is -2.86. The molecule has 0 aliphatic carbocycles. The lowest BCUT2D eigenvalue weighted by Crippen LogP contribution is -1.84. The molecule has 0 saturated carbocycles. The minimum absolute atomic E-state index is 1.18. The van der Waals surface area contributed by atoms with Gasteiger partial charge >= 0.3 is 0 Å². The molecule has 0 bridgehead atoms. The Balaban J connectivity index is 2.07. The summed E-state index contributed by atoms with van der Waals surface area (Å²) in [4.78, 5) is 0. The molecule has 0 aromatic heterocycles. The molecule has 110 valence electrons. The van der Waals surface area contributed by atoms with Gasteiger partial charge in [-0.25, -0.2) is 0 Å². The number of rotatable bonds is 2. The van der Waals surface area contributed by atoms with Crippen LogP contribution in [0.1, 0.15) is 18.1 Å². The monoisotopic (exact) mass is 294 g/mol. The maximum atomic E-state index is 3.95. The van der Waals surface area contributed by atoms with E-state index in [4.69, 9.17) is 0 Å². The third-order valence-corrected chi connectivity index (χ3v) is 4.43. The van der Waals surface area contributed by atoms with Crippen molar-refractivity contribution in [2.24, 2.45) is 0 Å². The Kier molecular flexibility index (Phi) is 3.24. The topological polar surface area (TPSA) is 0 Å². The Morgan fingerprint density at radius 2 is 1.13 bits per heavy atom. The Morgan fingerprint density at radius 1 is 0.652 bits per heavy atom. The molecule has 4 aromatic rings. The summed E-state index contributed by atoms with van der Waals surface area (Å²) in [6.07, 6.45) is 6.14. The van der Waals surface area contributed by atoms with Crippen LogP contribution in [0.25, 0.3) is 44.5 Å². The molecule has 0 amide bonds. The summed E-state index contributed by atoms with van der Waals surface area (Å²) in [6, 6.07) is 22.1. The van der Waals surface area contributed by atoms with Gasteiger partial charge in [0.15, 0.2) is 0 Å². The van der Waals surface area contributed by atoms with E-state index in [1.54, 1.807) is 0 Å². The highest BCUT2D eigenvalue weighted by Crippen LogP contribution is 2.29. The lowest BCUT2D eigenvalue weighted by atomic mass is 9.96. The minimum Gasteiger partial charge on any atom is -0.0984 e. The SMILES string of the molecule is C=Cc1cc2cc3cc4ccccc4cc3cc2cc1/C=C\C. The Bertz CT molecular complexity index is 1080. The molecular formula is C23H18. The van der Waals surface area contributed by atoms with Crippen molar-refractivity contribution in [3.63, 3.8) is 0 Å². The number of hydrogen-bond acceptors (Lipinski definition) is 0. The summed E-state index contributed by atoms with van der Waals surface area (Å²) >= 11 is 0. The average Bonchev–Trinajstić information content (AvgIpc) is 2.58. The summed E-state index contributed by atoms with van der Waals surface area (Å²) in [6.45, 7) is 6.00. The van der Waals surface area contributed by atoms with Crippen molar-refractivity contribution in [1.82, 2.24) is 0 Å². The molecular weight excluding hydrogens is 276 g/mol. The summed E-state index contributed by atoms with van der Waals surface area (Å²) in [5.74, 6) is 0. The van der Waals surface area contributed by atoms with E-state index in [1.807, 2.05) is 13.0 Å². The molecule has 0 heteroatoms. The van der Waals surface area contributed by atoms with Crippen LogP contribution in [0.15, 0.2) is 73.3 Å². The smallest absolute Gasteiger partial charge is 0.0171 e. The minimum atomic E-state index is 1.18. The third kappa shape index (κ3) is 2.33. The summed E-state index contributed by atoms with van der Waals surface area (Å²) in [7, 11) is 0. The molecule has 4 aromatic carbocycles. The maximum Gasteiger partial charge on any atom is -0.0171 e. The first-order valence-electron chi connectivity index (χ1n) is 7.94. The molecule has 0 aliphatic heterocycles. The Morgan fingerprint density at radius 3 is 1.65 bits per heavy atom. The van der Waals surface area contributed by atoms with Crippen LogP contribution in [-0.2, 0) is 0 Å². The molecule has 0 fully saturated rings. The van der Waals surface area contributed by atoms with Crippen molar-refractivity contribution in [2.75, 3.05) is 0 Å². The van der Waals surface area contributed by atoms with Crippen molar-refractivity contribution < 1.29 is 0 Å². The zero-order valence-corrected chi connectivity index (χ0v) is 13.2. The van der Waals surface area contributed by atoms with Crippen LogP contribution in [0.3, 0.4) is 0 Å². The van der Waals surface area contributed by atoms with E-state index in [0.717, 1.165) is 0 Å². The maximum absolute atomic E-state index is 3.95.